The number of hydrogen-bond acceptors (Lipinski definition) is 5. The van der Waals surface area contributed by atoms with Gasteiger partial charge in [0.05, 0.1) is 16.2 Å². The Hall–Kier alpha value is -3.39. The quantitative estimate of drug-likeness (QED) is 0.304. The Morgan fingerprint density at radius 2 is 1.88 bits per heavy atom. The van der Waals surface area contributed by atoms with Gasteiger partial charge in [-0.3, -0.25) is 18.6 Å². The van der Waals surface area contributed by atoms with Gasteiger partial charge < -0.3 is 4.90 Å². The molecule has 0 aliphatic rings. The smallest absolute Gasteiger partial charge is 0.263 e. The fraction of sp³-hybridized carbons (Fsp3) is 0.250. The van der Waals surface area contributed by atoms with E-state index >= 15 is 0 Å². The van der Waals surface area contributed by atoms with Crippen molar-refractivity contribution >= 4 is 34.3 Å². The number of allylic oxidation sites excluding steroid dienone is 1. The van der Waals surface area contributed by atoms with Crippen molar-refractivity contribution in [3.63, 3.8) is 0 Å². The predicted octanol–water partition coefficient (Wildman–Crippen LogP) is 3.76. The van der Waals surface area contributed by atoms with Crippen LogP contribution in [0, 0.1) is 0 Å². The van der Waals surface area contributed by atoms with Crippen molar-refractivity contribution < 1.29 is 4.79 Å². The lowest BCUT2D eigenvalue weighted by Crippen LogP contribution is -2.36. The summed E-state index contributed by atoms with van der Waals surface area (Å²) < 4.78 is 3.40. The van der Waals surface area contributed by atoms with Crippen LogP contribution in [0.3, 0.4) is 0 Å². The number of rotatable bonds is 8. The standard InChI is InChI=1S/C24H25N5O2S/c1-4-15-28-22(31)19-13-9-10-14-20(19)29-23(28)25-26-24(29)32-17(3)21(30)27(5-2)16-18-11-7-6-8-12-18/h4,6-14,17H,1,5,15-16H2,2-3H3. The number of amides is 1. The lowest BCUT2D eigenvalue weighted by molar-refractivity contribution is -0.130. The van der Waals surface area contributed by atoms with E-state index in [1.807, 2.05) is 71.7 Å². The maximum Gasteiger partial charge on any atom is 0.263 e. The summed E-state index contributed by atoms with van der Waals surface area (Å²) in [4.78, 5) is 28.0. The van der Waals surface area contributed by atoms with Gasteiger partial charge in [0.25, 0.3) is 5.56 Å². The molecule has 4 rings (SSSR count). The van der Waals surface area contributed by atoms with Crippen molar-refractivity contribution in [2.45, 2.75) is 37.3 Å². The molecule has 0 saturated carbocycles. The summed E-state index contributed by atoms with van der Waals surface area (Å²) >= 11 is 1.35. The molecule has 0 radical (unpaired) electrons. The highest BCUT2D eigenvalue weighted by molar-refractivity contribution is 8.00. The van der Waals surface area contributed by atoms with Crippen LogP contribution < -0.4 is 5.56 Å². The summed E-state index contributed by atoms with van der Waals surface area (Å²) in [7, 11) is 0. The number of carbonyl (C=O) groups excluding carboxylic acids is 1. The molecular formula is C24H25N5O2S. The highest BCUT2D eigenvalue weighted by Crippen LogP contribution is 2.26. The van der Waals surface area contributed by atoms with E-state index in [4.69, 9.17) is 0 Å². The van der Waals surface area contributed by atoms with E-state index in [1.54, 1.807) is 16.7 Å². The molecule has 0 bridgehead atoms. The van der Waals surface area contributed by atoms with E-state index in [-0.39, 0.29) is 16.7 Å². The van der Waals surface area contributed by atoms with Crippen LogP contribution in [0.25, 0.3) is 16.7 Å². The summed E-state index contributed by atoms with van der Waals surface area (Å²) in [6.45, 7) is 9.11. The van der Waals surface area contributed by atoms with Gasteiger partial charge in [0, 0.05) is 19.6 Å². The minimum atomic E-state index is -0.371. The fourth-order valence-electron chi connectivity index (χ4n) is 3.72. The summed E-state index contributed by atoms with van der Waals surface area (Å²) in [5, 5.41) is 9.38. The van der Waals surface area contributed by atoms with Crippen molar-refractivity contribution in [1.82, 2.24) is 24.1 Å². The molecule has 0 spiro atoms. The van der Waals surface area contributed by atoms with Gasteiger partial charge in [0.1, 0.15) is 0 Å². The molecule has 7 nitrogen and oxygen atoms in total. The molecule has 2 aromatic carbocycles. The first-order chi connectivity index (χ1) is 15.5. The molecule has 1 unspecified atom stereocenters. The molecule has 0 aliphatic heterocycles. The number of nitrogens with zero attached hydrogens (tertiary/aromatic N) is 5. The SMILES string of the molecule is C=CCn1c(=O)c2ccccc2n2c(SC(C)C(=O)N(CC)Cc3ccccc3)nnc12. The van der Waals surface area contributed by atoms with Crippen LogP contribution in [0.15, 0.2) is 77.2 Å². The van der Waals surface area contributed by atoms with Crippen LogP contribution in [0.2, 0.25) is 0 Å². The number of aromatic nitrogens is 4. The number of hydrogen-bond donors (Lipinski definition) is 0. The van der Waals surface area contributed by atoms with Crippen molar-refractivity contribution in [3.8, 4) is 0 Å². The van der Waals surface area contributed by atoms with Gasteiger partial charge in [-0.2, -0.15) is 0 Å². The van der Waals surface area contributed by atoms with Gasteiger partial charge >= 0.3 is 0 Å². The lowest BCUT2D eigenvalue weighted by Gasteiger charge is -2.24. The minimum absolute atomic E-state index is 0.0295. The number of benzene rings is 2. The Morgan fingerprint density at radius 3 is 2.59 bits per heavy atom. The average Bonchev–Trinajstić information content (AvgIpc) is 3.23. The maximum atomic E-state index is 13.2. The van der Waals surface area contributed by atoms with Gasteiger partial charge in [-0.1, -0.05) is 60.3 Å². The Labute approximate surface area is 190 Å². The zero-order valence-corrected chi connectivity index (χ0v) is 19.0. The first kappa shape index (κ1) is 21.8. The molecule has 8 heteroatoms. The number of carbonyl (C=O) groups is 1. The molecule has 2 heterocycles. The second kappa shape index (κ2) is 9.40. The molecule has 1 atom stereocenters. The normalized spacial score (nSPS) is 12.2. The lowest BCUT2D eigenvalue weighted by atomic mass is 10.2. The minimum Gasteiger partial charge on any atom is -0.338 e. The number of para-hydroxylation sites is 1. The van der Waals surface area contributed by atoms with Gasteiger partial charge in [-0.15, -0.1) is 16.8 Å². The first-order valence-corrected chi connectivity index (χ1v) is 11.4. The molecule has 0 fully saturated rings. The van der Waals surface area contributed by atoms with E-state index < -0.39 is 0 Å². The average molecular weight is 448 g/mol. The van der Waals surface area contributed by atoms with Gasteiger partial charge in [-0.25, -0.2) is 0 Å². The van der Waals surface area contributed by atoms with E-state index in [2.05, 4.69) is 16.8 Å². The Balaban J connectivity index is 1.69. The van der Waals surface area contributed by atoms with E-state index in [1.165, 1.54) is 11.8 Å². The summed E-state index contributed by atoms with van der Waals surface area (Å²) in [5.41, 5.74) is 1.67. The Kier molecular flexibility index (Phi) is 6.41. The van der Waals surface area contributed by atoms with Crippen LogP contribution in [0.1, 0.15) is 19.4 Å². The van der Waals surface area contributed by atoms with Crippen molar-refractivity contribution in [2.24, 2.45) is 0 Å². The fourth-order valence-corrected chi connectivity index (χ4v) is 4.66. The van der Waals surface area contributed by atoms with Crippen LogP contribution in [-0.2, 0) is 17.9 Å². The molecule has 164 valence electrons. The summed E-state index contributed by atoms with van der Waals surface area (Å²) in [6, 6.07) is 17.3. The van der Waals surface area contributed by atoms with Gasteiger partial charge in [0.15, 0.2) is 5.16 Å². The zero-order chi connectivity index (χ0) is 22.7. The van der Waals surface area contributed by atoms with Crippen molar-refractivity contribution in [1.29, 1.82) is 0 Å². The van der Waals surface area contributed by atoms with Crippen LogP contribution in [0.5, 0.6) is 0 Å². The van der Waals surface area contributed by atoms with E-state index in [0.717, 1.165) is 11.1 Å². The van der Waals surface area contributed by atoms with Gasteiger partial charge in [0.2, 0.25) is 11.7 Å². The van der Waals surface area contributed by atoms with Crippen LogP contribution in [-0.4, -0.2) is 41.8 Å². The van der Waals surface area contributed by atoms with Crippen LogP contribution >= 0.6 is 11.8 Å². The Morgan fingerprint density at radius 1 is 1.16 bits per heavy atom. The summed E-state index contributed by atoms with van der Waals surface area (Å²) in [6.07, 6.45) is 1.66. The molecule has 32 heavy (non-hydrogen) atoms. The first-order valence-electron chi connectivity index (χ1n) is 10.5. The Bertz CT molecular complexity index is 1330. The summed E-state index contributed by atoms with van der Waals surface area (Å²) in [5.74, 6) is 0.467. The van der Waals surface area contributed by atoms with E-state index in [9.17, 15) is 9.59 Å². The molecule has 0 saturated heterocycles. The second-order valence-corrected chi connectivity index (χ2v) is 8.75. The molecule has 2 aromatic heterocycles. The topological polar surface area (TPSA) is 72.5 Å². The largest absolute Gasteiger partial charge is 0.338 e. The number of thioether (sulfide) groups is 1. The molecular weight excluding hydrogens is 422 g/mol. The zero-order valence-electron chi connectivity index (χ0n) is 18.1. The third-order valence-electron chi connectivity index (χ3n) is 5.33. The molecule has 0 aliphatic carbocycles. The third kappa shape index (κ3) is 4.05. The second-order valence-electron chi connectivity index (χ2n) is 7.44. The van der Waals surface area contributed by atoms with E-state index in [0.29, 0.717) is 36.0 Å². The van der Waals surface area contributed by atoms with Crippen molar-refractivity contribution in [2.75, 3.05) is 6.54 Å². The predicted molar refractivity (Wildman–Crippen MR) is 128 cm³/mol. The maximum absolute atomic E-state index is 13.2. The third-order valence-corrected chi connectivity index (χ3v) is 6.36. The number of fused-ring (bicyclic) bond motifs is 3. The van der Waals surface area contributed by atoms with Crippen LogP contribution in [0.4, 0.5) is 0 Å². The highest BCUT2D eigenvalue weighted by atomic mass is 32.2. The molecule has 4 aromatic rings. The van der Waals surface area contributed by atoms with Crippen molar-refractivity contribution in [3.05, 3.63) is 83.2 Å². The monoisotopic (exact) mass is 447 g/mol. The molecule has 0 N–H and O–H groups in total. The highest BCUT2D eigenvalue weighted by Gasteiger charge is 2.24. The van der Waals surface area contributed by atoms with Gasteiger partial charge in [-0.05, 0) is 31.5 Å². The molecule has 1 amide bonds.